The van der Waals surface area contributed by atoms with E-state index in [1.165, 1.54) is 29.5 Å². The first-order valence-corrected chi connectivity index (χ1v) is 7.99. The monoisotopic (exact) mass is 389 g/mol. The molecule has 7 nitrogen and oxygen atoms in total. The molecule has 4 aromatic rings. The number of nitrogens with one attached hydrogen (secondary N) is 1. The molecule has 0 aliphatic carbocycles. The van der Waals surface area contributed by atoms with Crippen LogP contribution in [0.5, 0.6) is 0 Å². The summed E-state index contributed by atoms with van der Waals surface area (Å²) in [7, 11) is 0. The number of halogens is 4. The second kappa shape index (κ2) is 6.83. The third-order valence-electron chi connectivity index (χ3n) is 3.75. The predicted octanol–water partition coefficient (Wildman–Crippen LogP) is 3.39. The van der Waals surface area contributed by atoms with Crippen molar-refractivity contribution in [3.63, 3.8) is 0 Å². The maximum Gasteiger partial charge on any atom is 0.405 e. The van der Waals surface area contributed by atoms with Gasteiger partial charge in [-0.1, -0.05) is 0 Å². The number of pyridine rings is 1. The lowest BCUT2D eigenvalue weighted by Crippen LogP contribution is -2.22. The molecule has 0 spiro atoms. The van der Waals surface area contributed by atoms with E-state index in [9.17, 15) is 17.6 Å². The Bertz CT molecular complexity index is 1110. The zero-order valence-corrected chi connectivity index (χ0v) is 14.0. The Kier molecular flexibility index (Phi) is 4.34. The summed E-state index contributed by atoms with van der Waals surface area (Å²) in [6.07, 6.45) is -1.81. The van der Waals surface area contributed by atoms with Gasteiger partial charge >= 0.3 is 6.18 Å². The Balaban J connectivity index is 1.83. The summed E-state index contributed by atoms with van der Waals surface area (Å²) in [5.41, 5.74) is 1.81. The van der Waals surface area contributed by atoms with E-state index < -0.39 is 12.7 Å². The zero-order valence-electron chi connectivity index (χ0n) is 14.0. The molecule has 0 radical (unpaired) electrons. The molecule has 0 atom stereocenters. The van der Waals surface area contributed by atoms with E-state index >= 15 is 0 Å². The smallest absolute Gasteiger partial charge is 0.345 e. The van der Waals surface area contributed by atoms with Gasteiger partial charge in [-0.3, -0.25) is 0 Å². The summed E-state index contributed by atoms with van der Waals surface area (Å²) in [5.74, 6) is -0.431. The molecular formula is C17H11F4N7. The maximum absolute atomic E-state index is 13.2. The molecule has 0 aliphatic heterocycles. The van der Waals surface area contributed by atoms with Crippen molar-refractivity contribution in [3.8, 4) is 17.1 Å². The van der Waals surface area contributed by atoms with Crippen LogP contribution in [0.2, 0.25) is 0 Å². The number of benzene rings is 1. The van der Waals surface area contributed by atoms with E-state index in [1.807, 2.05) is 0 Å². The highest BCUT2D eigenvalue weighted by atomic mass is 19.4. The number of hydrogen-bond donors (Lipinski definition) is 1. The second-order valence-corrected chi connectivity index (χ2v) is 5.75. The molecule has 1 aromatic carbocycles. The summed E-state index contributed by atoms with van der Waals surface area (Å²) in [5, 5.41) is 6.13. The maximum atomic E-state index is 13.2. The molecule has 0 bridgehead atoms. The Morgan fingerprint density at radius 1 is 0.964 bits per heavy atom. The molecular weight excluding hydrogens is 378 g/mol. The van der Waals surface area contributed by atoms with Crippen molar-refractivity contribution in [1.29, 1.82) is 0 Å². The second-order valence-electron chi connectivity index (χ2n) is 5.75. The van der Waals surface area contributed by atoms with Crippen LogP contribution in [-0.4, -0.2) is 42.4 Å². The third kappa shape index (κ3) is 3.72. The fourth-order valence-corrected chi connectivity index (χ4v) is 2.52. The van der Waals surface area contributed by atoms with Crippen LogP contribution in [0.15, 0.2) is 49.1 Å². The van der Waals surface area contributed by atoms with Gasteiger partial charge in [0, 0.05) is 5.56 Å². The standard InChI is InChI=1S/C17H11F4N7/c18-11-3-1-10(2-4-11)12-5-6-13-14(25-12)15(28-9-22-8-24-28)27-16(26-13)23-7-17(19,20)21/h1-6,8-9H,7H2,(H,23,26,27). The fraction of sp³-hybridized carbons (Fsp3) is 0.118. The summed E-state index contributed by atoms with van der Waals surface area (Å²) in [6.45, 7) is -1.28. The summed E-state index contributed by atoms with van der Waals surface area (Å²) in [4.78, 5) is 16.5. The zero-order chi connectivity index (χ0) is 19.7. The van der Waals surface area contributed by atoms with Crippen LogP contribution >= 0.6 is 0 Å². The number of hydrogen-bond acceptors (Lipinski definition) is 6. The lowest BCUT2D eigenvalue weighted by atomic mass is 10.1. The van der Waals surface area contributed by atoms with Gasteiger partial charge < -0.3 is 5.32 Å². The average Bonchev–Trinajstić information content (AvgIpc) is 3.20. The van der Waals surface area contributed by atoms with Crippen LogP contribution in [0.4, 0.5) is 23.5 Å². The van der Waals surface area contributed by atoms with Gasteiger partial charge in [0.1, 0.15) is 30.5 Å². The number of rotatable bonds is 4. The van der Waals surface area contributed by atoms with E-state index in [1.54, 1.807) is 24.3 Å². The fourth-order valence-electron chi connectivity index (χ4n) is 2.52. The van der Waals surface area contributed by atoms with Crippen LogP contribution in [0, 0.1) is 5.82 Å². The van der Waals surface area contributed by atoms with Crippen LogP contribution in [0.25, 0.3) is 28.1 Å². The minimum absolute atomic E-state index is 0.163. The first-order chi connectivity index (χ1) is 13.4. The molecule has 4 rings (SSSR count). The lowest BCUT2D eigenvalue weighted by molar-refractivity contribution is -0.115. The van der Waals surface area contributed by atoms with Gasteiger partial charge in [0.25, 0.3) is 0 Å². The minimum Gasteiger partial charge on any atom is -0.345 e. The van der Waals surface area contributed by atoms with E-state index in [0.717, 1.165) is 0 Å². The van der Waals surface area contributed by atoms with E-state index in [2.05, 4.69) is 30.4 Å². The molecule has 11 heteroatoms. The van der Waals surface area contributed by atoms with E-state index in [0.29, 0.717) is 22.3 Å². The Morgan fingerprint density at radius 3 is 2.43 bits per heavy atom. The molecule has 3 aromatic heterocycles. The van der Waals surface area contributed by atoms with Gasteiger partial charge in [0.15, 0.2) is 5.82 Å². The predicted molar refractivity (Wildman–Crippen MR) is 92.2 cm³/mol. The Hall–Kier alpha value is -3.63. The molecule has 142 valence electrons. The van der Waals surface area contributed by atoms with Crippen LogP contribution in [0.3, 0.4) is 0 Å². The van der Waals surface area contributed by atoms with Crippen molar-refractivity contribution < 1.29 is 17.6 Å². The summed E-state index contributed by atoms with van der Waals surface area (Å²) >= 11 is 0. The topological polar surface area (TPSA) is 81.4 Å². The van der Waals surface area contributed by atoms with Gasteiger partial charge in [-0.25, -0.2) is 24.0 Å². The van der Waals surface area contributed by atoms with E-state index in [4.69, 9.17) is 0 Å². The quantitative estimate of drug-likeness (QED) is 0.539. The molecule has 1 N–H and O–H groups in total. The van der Waals surface area contributed by atoms with Gasteiger partial charge in [-0.2, -0.15) is 23.3 Å². The molecule has 0 fully saturated rings. The molecule has 0 unspecified atom stereocenters. The van der Waals surface area contributed by atoms with Crippen molar-refractivity contribution >= 4 is 17.0 Å². The van der Waals surface area contributed by atoms with Gasteiger partial charge in [-0.15, -0.1) is 0 Å². The molecule has 3 heterocycles. The van der Waals surface area contributed by atoms with Crippen LogP contribution in [0.1, 0.15) is 0 Å². The normalized spacial score (nSPS) is 11.7. The minimum atomic E-state index is -4.42. The highest BCUT2D eigenvalue weighted by molar-refractivity contribution is 5.84. The summed E-state index contributed by atoms with van der Waals surface area (Å²) in [6, 6.07) is 8.99. The highest BCUT2D eigenvalue weighted by Gasteiger charge is 2.27. The molecule has 28 heavy (non-hydrogen) atoms. The van der Waals surface area contributed by atoms with Crippen molar-refractivity contribution in [1.82, 2.24) is 29.7 Å². The first kappa shape index (κ1) is 17.8. The molecule has 0 saturated heterocycles. The van der Waals surface area contributed by atoms with Gasteiger partial charge in [0.05, 0.1) is 11.2 Å². The highest BCUT2D eigenvalue weighted by Crippen LogP contribution is 2.25. The number of anilines is 1. The van der Waals surface area contributed by atoms with Crippen molar-refractivity contribution in [3.05, 3.63) is 54.9 Å². The summed E-state index contributed by atoms with van der Waals surface area (Å²) < 4.78 is 52.0. The van der Waals surface area contributed by atoms with Crippen LogP contribution in [-0.2, 0) is 0 Å². The Labute approximate surface area is 155 Å². The molecule has 0 aliphatic rings. The average molecular weight is 389 g/mol. The van der Waals surface area contributed by atoms with Gasteiger partial charge in [0.2, 0.25) is 5.95 Å². The van der Waals surface area contributed by atoms with Crippen molar-refractivity contribution in [2.45, 2.75) is 6.18 Å². The molecule has 0 amide bonds. The van der Waals surface area contributed by atoms with Crippen molar-refractivity contribution in [2.75, 3.05) is 11.9 Å². The third-order valence-corrected chi connectivity index (χ3v) is 3.75. The number of nitrogens with zero attached hydrogens (tertiary/aromatic N) is 6. The van der Waals surface area contributed by atoms with Gasteiger partial charge in [-0.05, 0) is 36.4 Å². The first-order valence-electron chi connectivity index (χ1n) is 7.99. The number of aromatic nitrogens is 6. The number of alkyl halides is 3. The van der Waals surface area contributed by atoms with E-state index in [-0.39, 0.29) is 17.6 Å². The lowest BCUT2D eigenvalue weighted by Gasteiger charge is -2.11. The Morgan fingerprint density at radius 2 is 1.75 bits per heavy atom. The SMILES string of the molecule is Fc1ccc(-c2ccc3nc(NCC(F)(F)F)nc(-n4cncn4)c3n2)cc1. The largest absolute Gasteiger partial charge is 0.405 e. The number of fused-ring (bicyclic) bond motifs is 1. The van der Waals surface area contributed by atoms with Crippen LogP contribution < -0.4 is 5.32 Å². The molecule has 0 saturated carbocycles. The van der Waals surface area contributed by atoms with Crippen molar-refractivity contribution in [2.24, 2.45) is 0 Å².